The number of ether oxygens (including phenoxy) is 2. The first-order chi connectivity index (χ1) is 12.6. The predicted molar refractivity (Wildman–Crippen MR) is 91.4 cm³/mol. The lowest BCUT2D eigenvalue weighted by Gasteiger charge is -2.17. The summed E-state index contributed by atoms with van der Waals surface area (Å²) in [6, 6.07) is 7.19. The molecule has 2 aromatic rings. The molecule has 1 atom stereocenters. The number of aromatic nitrogens is 4. The van der Waals surface area contributed by atoms with E-state index in [4.69, 9.17) is 9.47 Å². The zero-order valence-electron chi connectivity index (χ0n) is 14.8. The van der Waals surface area contributed by atoms with E-state index in [-0.39, 0.29) is 25.5 Å². The van der Waals surface area contributed by atoms with E-state index < -0.39 is 11.9 Å². The number of rotatable bonds is 7. The maximum atomic E-state index is 12.4. The van der Waals surface area contributed by atoms with Crippen LogP contribution in [0.4, 0.5) is 5.69 Å². The minimum atomic E-state index is -0.510. The van der Waals surface area contributed by atoms with Crippen LogP contribution in [-0.4, -0.2) is 45.7 Å². The molecule has 0 radical (unpaired) electrons. The van der Waals surface area contributed by atoms with Crippen LogP contribution in [-0.2, 0) is 27.5 Å². The van der Waals surface area contributed by atoms with E-state index in [2.05, 4.69) is 15.5 Å². The van der Waals surface area contributed by atoms with E-state index in [9.17, 15) is 9.59 Å². The van der Waals surface area contributed by atoms with Gasteiger partial charge in [0.05, 0.1) is 13.0 Å². The summed E-state index contributed by atoms with van der Waals surface area (Å²) < 4.78 is 12.1. The van der Waals surface area contributed by atoms with Crippen molar-refractivity contribution in [2.75, 3.05) is 18.6 Å². The molecule has 138 valence electrons. The third kappa shape index (κ3) is 3.81. The fraction of sp³-hybridized carbons (Fsp3) is 0.471. The van der Waals surface area contributed by atoms with E-state index in [1.807, 2.05) is 13.0 Å². The lowest BCUT2D eigenvalue weighted by Crippen LogP contribution is -2.26. The topological polar surface area (TPSA) is 99.4 Å². The van der Waals surface area contributed by atoms with Crippen molar-refractivity contribution in [3.05, 3.63) is 30.1 Å². The standard InChI is InChI=1S/C17H21N5O4/c1-3-7-22-15(18-19-20-22)11-26-17(24)12-8-16(23)21(10-12)13-5-4-6-14(9-13)25-2/h4-6,9,12H,3,7-8,10-11H2,1-2H3. The molecule has 26 heavy (non-hydrogen) atoms. The molecule has 0 saturated carbocycles. The molecular weight excluding hydrogens is 338 g/mol. The Kier molecular flexibility index (Phi) is 5.45. The Bertz CT molecular complexity index is 791. The van der Waals surface area contributed by atoms with Gasteiger partial charge in [-0.05, 0) is 29.0 Å². The van der Waals surface area contributed by atoms with Crippen molar-refractivity contribution in [1.82, 2.24) is 20.2 Å². The number of carbonyl (C=O) groups is 2. The van der Waals surface area contributed by atoms with Crippen LogP contribution in [0.2, 0.25) is 0 Å². The van der Waals surface area contributed by atoms with Crippen LogP contribution in [0.1, 0.15) is 25.6 Å². The molecule has 0 spiro atoms. The monoisotopic (exact) mass is 359 g/mol. The summed E-state index contributed by atoms with van der Waals surface area (Å²) in [7, 11) is 1.57. The Hall–Kier alpha value is -2.97. The summed E-state index contributed by atoms with van der Waals surface area (Å²) in [5.41, 5.74) is 0.705. The van der Waals surface area contributed by atoms with E-state index in [0.717, 1.165) is 6.42 Å². The van der Waals surface area contributed by atoms with Gasteiger partial charge in [0, 0.05) is 31.3 Å². The first kappa shape index (κ1) is 17.8. The Morgan fingerprint density at radius 1 is 1.38 bits per heavy atom. The lowest BCUT2D eigenvalue weighted by molar-refractivity contribution is -0.150. The second kappa shape index (κ2) is 7.94. The fourth-order valence-corrected chi connectivity index (χ4v) is 2.86. The van der Waals surface area contributed by atoms with Gasteiger partial charge < -0.3 is 14.4 Å². The number of nitrogens with zero attached hydrogens (tertiary/aromatic N) is 5. The van der Waals surface area contributed by atoms with Crippen LogP contribution in [0.5, 0.6) is 5.75 Å². The largest absolute Gasteiger partial charge is 0.497 e. The van der Waals surface area contributed by atoms with Crippen LogP contribution < -0.4 is 9.64 Å². The number of amides is 1. The number of benzene rings is 1. The molecule has 1 aromatic carbocycles. The summed E-state index contributed by atoms with van der Waals surface area (Å²) in [6.07, 6.45) is 0.995. The summed E-state index contributed by atoms with van der Waals surface area (Å²) >= 11 is 0. The Balaban J connectivity index is 1.60. The average Bonchev–Trinajstić information content (AvgIpc) is 3.26. The fourth-order valence-electron chi connectivity index (χ4n) is 2.86. The van der Waals surface area contributed by atoms with Crippen molar-refractivity contribution in [2.45, 2.75) is 32.9 Å². The van der Waals surface area contributed by atoms with Crippen LogP contribution in [0.25, 0.3) is 0 Å². The van der Waals surface area contributed by atoms with E-state index in [1.165, 1.54) is 0 Å². The first-order valence-corrected chi connectivity index (χ1v) is 8.48. The Labute approximate surface area is 150 Å². The smallest absolute Gasteiger partial charge is 0.311 e. The molecule has 1 saturated heterocycles. The van der Waals surface area contributed by atoms with Gasteiger partial charge in [0.25, 0.3) is 0 Å². The number of carbonyl (C=O) groups excluding carboxylic acids is 2. The molecule has 0 bridgehead atoms. The quantitative estimate of drug-likeness (QED) is 0.685. The summed E-state index contributed by atoms with van der Waals surface area (Å²) in [4.78, 5) is 26.2. The molecule has 1 amide bonds. The third-order valence-corrected chi connectivity index (χ3v) is 4.21. The highest BCUT2D eigenvalue weighted by molar-refractivity contribution is 5.99. The van der Waals surface area contributed by atoms with Gasteiger partial charge in [-0.1, -0.05) is 13.0 Å². The van der Waals surface area contributed by atoms with Gasteiger partial charge in [-0.3, -0.25) is 9.59 Å². The number of hydrogen-bond acceptors (Lipinski definition) is 7. The van der Waals surface area contributed by atoms with Crippen molar-refractivity contribution in [3.63, 3.8) is 0 Å². The van der Waals surface area contributed by atoms with Crippen molar-refractivity contribution in [1.29, 1.82) is 0 Å². The minimum absolute atomic E-state index is 0.00428. The van der Waals surface area contributed by atoms with Crippen LogP contribution in [0.15, 0.2) is 24.3 Å². The molecule has 1 aromatic heterocycles. The molecule has 1 unspecified atom stereocenters. The van der Waals surface area contributed by atoms with E-state index >= 15 is 0 Å². The number of tetrazole rings is 1. The molecule has 0 aliphatic carbocycles. The molecule has 1 aliphatic heterocycles. The van der Waals surface area contributed by atoms with Gasteiger partial charge in [-0.15, -0.1) is 5.10 Å². The zero-order chi connectivity index (χ0) is 18.5. The molecule has 1 fully saturated rings. The number of anilines is 1. The lowest BCUT2D eigenvalue weighted by atomic mass is 10.1. The molecule has 3 rings (SSSR count). The maximum Gasteiger partial charge on any atom is 0.311 e. The Morgan fingerprint density at radius 2 is 2.23 bits per heavy atom. The number of esters is 1. The molecule has 2 heterocycles. The van der Waals surface area contributed by atoms with Crippen molar-refractivity contribution >= 4 is 17.6 Å². The second-order valence-corrected chi connectivity index (χ2v) is 6.03. The van der Waals surface area contributed by atoms with Gasteiger partial charge >= 0.3 is 5.97 Å². The van der Waals surface area contributed by atoms with Gasteiger partial charge in [-0.2, -0.15) is 0 Å². The van der Waals surface area contributed by atoms with Crippen molar-refractivity contribution in [3.8, 4) is 5.75 Å². The number of aryl methyl sites for hydroxylation is 1. The van der Waals surface area contributed by atoms with Gasteiger partial charge in [-0.25, -0.2) is 4.68 Å². The number of hydrogen-bond donors (Lipinski definition) is 0. The summed E-state index contributed by atoms with van der Waals surface area (Å²) in [5, 5.41) is 11.3. The molecular formula is C17H21N5O4. The van der Waals surface area contributed by atoms with E-state index in [0.29, 0.717) is 23.8 Å². The maximum absolute atomic E-state index is 12.4. The molecule has 1 aliphatic rings. The number of methoxy groups -OCH3 is 1. The predicted octanol–water partition coefficient (Wildman–Crippen LogP) is 1.19. The summed E-state index contributed by atoms with van der Waals surface area (Å²) in [5.74, 6) is 0.105. The van der Waals surface area contributed by atoms with E-state index in [1.54, 1.807) is 34.9 Å². The zero-order valence-corrected chi connectivity index (χ0v) is 14.8. The van der Waals surface area contributed by atoms with Gasteiger partial charge in [0.2, 0.25) is 5.91 Å². The second-order valence-electron chi connectivity index (χ2n) is 6.03. The molecule has 9 heteroatoms. The highest BCUT2D eigenvalue weighted by atomic mass is 16.5. The molecule has 0 N–H and O–H groups in total. The van der Waals surface area contributed by atoms with Crippen molar-refractivity contribution < 1.29 is 19.1 Å². The van der Waals surface area contributed by atoms with Crippen molar-refractivity contribution in [2.24, 2.45) is 5.92 Å². The highest BCUT2D eigenvalue weighted by Crippen LogP contribution is 2.28. The third-order valence-electron chi connectivity index (χ3n) is 4.21. The minimum Gasteiger partial charge on any atom is -0.497 e. The van der Waals surface area contributed by atoms with Crippen LogP contribution in [0, 0.1) is 5.92 Å². The Morgan fingerprint density at radius 3 is 3.00 bits per heavy atom. The van der Waals surface area contributed by atoms with Crippen LogP contribution >= 0.6 is 0 Å². The highest BCUT2D eigenvalue weighted by Gasteiger charge is 2.36. The normalized spacial score (nSPS) is 16.8. The SMILES string of the molecule is CCCn1nnnc1COC(=O)C1CC(=O)N(c2cccc(OC)c2)C1. The first-order valence-electron chi connectivity index (χ1n) is 8.48. The van der Waals surface area contributed by atoms with Crippen LogP contribution in [0.3, 0.4) is 0 Å². The van der Waals surface area contributed by atoms with Gasteiger partial charge in [0.15, 0.2) is 12.4 Å². The average molecular weight is 359 g/mol. The van der Waals surface area contributed by atoms with Gasteiger partial charge in [0.1, 0.15) is 5.75 Å². The summed E-state index contributed by atoms with van der Waals surface area (Å²) in [6.45, 7) is 2.95. The molecule has 9 nitrogen and oxygen atoms in total.